The number of phenolic OH excluding ortho intramolecular Hbond substituents is 1. The molecule has 0 fully saturated rings. The maximum atomic E-state index is 13.7. The van der Waals surface area contributed by atoms with Gasteiger partial charge in [-0.05, 0) is 35.0 Å². The lowest BCUT2D eigenvalue weighted by atomic mass is 10.1. The van der Waals surface area contributed by atoms with Gasteiger partial charge in [0, 0.05) is 22.2 Å². The summed E-state index contributed by atoms with van der Waals surface area (Å²) < 4.78 is 39.8. The zero-order valence-electron chi connectivity index (χ0n) is 10.4. The molecule has 106 valence electrons. The number of hydrogen-bond donors (Lipinski definition) is 2. The van der Waals surface area contributed by atoms with E-state index in [0.29, 0.717) is 5.56 Å². The summed E-state index contributed by atoms with van der Waals surface area (Å²) in [7, 11) is 0. The number of halogens is 4. The minimum Gasteiger partial charge on any atom is -0.507 e. The summed E-state index contributed by atoms with van der Waals surface area (Å²) in [5.74, 6) is -2.25. The van der Waals surface area contributed by atoms with Crippen LogP contribution < -0.4 is 5.32 Å². The molecule has 0 amide bonds. The van der Waals surface area contributed by atoms with Gasteiger partial charge < -0.3 is 10.4 Å². The van der Waals surface area contributed by atoms with Crippen molar-refractivity contribution in [3.63, 3.8) is 0 Å². The molecule has 1 unspecified atom stereocenters. The van der Waals surface area contributed by atoms with Gasteiger partial charge >= 0.3 is 0 Å². The van der Waals surface area contributed by atoms with Crippen molar-refractivity contribution in [3.05, 3.63) is 57.8 Å². The Hall–Kier alpha value is -1.69. The molecule has 2 aromatic rings. The standard InChI is InChI=1S/C14H11BrF3NO/c1-7(10-3-2-8(16)6-13(10)20)19-14-11(15)4-9(17)5-12(14)18/h2-7,19-20H,1H3. The number of rotatable bonds is 3. The molecule has 0 heterocycles. The zero-order valence-corrected chi connectivity index (χ0v) is 12.0. The fourth-order valence-electron chi connectivity index (χ4n) is 1.86. The van der Waals surface area contributed by atoms with Gasteiger partial charge in [0.05, 0.1) is 11.7 Å². The second-order valence-corrected chi connectivity index (χ2v) is 5.17. The van der Waals surface area contributed by atoms with Crippen molar-refractivity contribution in [3.8, 4) is 5.75 Å². The highest BCUT2D eigenvalue weighted by Gasteiger charge is 2.16. The zero-order chi connectivity index (χ0) is 14.9. The number of benzene rings is 2. The molecule has 2 rings (SSSR count). The molecule has 0 aliphatic heterocycles. The second-order valence-electron chi connectivity index (χ2n) is 4.31. The van der Waals surface area contributed by atoms with Gasteiger partial charge in [0.2, 0.25) is 0 Å². The van der Waals surface area contributed by atoms with E-state index < -0.39 is 23.5 Å². The van der Waals surface area contributed by atoms with Gasteiger partial charge in [-0.1, -0.05) is 6.07 Å². The molecule has 0 radical (unpaired) electrons. The fraction of sp³-hybridized carbons (Fsp3) is 0.143. The van der Waals surface area contributed by atoms with Gasteiger partial charge in [0.1, 0.15) is 23.2 Å². The van der Waals surface area contributed by atoms with Gasteiger partial charge in [-0.2, -0.15) is 0 Å². The Morgan fingerprint density at radius 1 is 1.10 bits per heavy atom. The van der Waals surface area contributed by atoms with Crippen molar-refractivity contribution in [1.29, 1.82) is 0 Å². The van der Waals surface area contributed by atoms with E-state index in [1.807, 2.05) is 0 Å². The van der Waals surface area contributed by atoms with E-state index in [0.717, 1.165) is 18.2 Å². The van der Waals surface area contributed by atoms with Crippen molar-refractivity contribution >= 4 is 21.6 Å². The number of nitrogens with one attached hydrogen (secondary N) is 1. The van der Waals surface area contributed by atoms with Crippen LogP contribution in [0.3, 0.4) is 0 Å². The van der Waals surface area contributed by atoms with Crippen LogP contribution in [0.25, 0.3) is 0 Å². The molecule has 0 bridgehead atoms. The Bertz CT molecular complexity index is 625. The minimum atomic E-state index is -0.759. The van der Waals surface area contributed by atoms with Crippen molar-refractivity contribution in [1.82, 2.24) is 0 Å². The van der Waals surface area contributed by atoms with Gasteiger partial charge in [-0.15, -0.1) is 0 Å². The van der Waals surface area contributed by atoms with E-state index in [9.17, 15) is 18.3 Å². The molecule has 0 saturated carbocycles. The third-order valence-corrected chi connectivity index (χ3v) is 3.45. The van der Waals surface area contributed by atoms with Crippen LogP contribution in [0.1, 0.15) is 18.5 Å². The SMILES string of the molecule is CC(Nc1c(F)cc(F)cc1Br)c1ccc(F)cc1O. The normalized spacial score (nSPS) is 12.2. The summed E-state index contributed by atoms with van der Waals surface area (Å²) in [6.45, 7) is 1.67. The first-order valence-corrected chi connectivity index (χ1v) is 6.57. The molecule has 6 heteroatoms. The third-order valence-electron chi connectivity index (χ3n) is 2.83. The monoisotopic (exact) mass is 345 g/mol. The topological polar surface area (TPSA) is 32.3 Å². The lowest BCUT2D eigenvalue weighted by Gasteiger charge is -2.18. The largest absolute Gasteiger partial charge is 0.507 e. The molecular weight excluding hydrogens is 335 g/mol. The fourth-order valence-corrected chi connectivity index (χ4v) is 2.38. The lowest BCUT2D eigenvalue weighted by molar-refractivity contribution is 0.459. The molecule has 2 N–H and O–H groups in total. The Balaban J connectivity index is 2.30. The Morgan fingerprint density at radius 3 is 2.40 bits per heavy atom. The predicted octanol–water partition coefficient (Wildman–Crippen LogP) is 4.75. The minimum absolute atomic E-state index is 0.0719. The van der Waals surface area contributed by atoms with Gasteiger partial charge in [0.25, 0.3) is 0 Å². The van der Waals surface area contributed by atoms with E-state index in [-0.39, 0.29) is 15.9 Å². The predicted molar refractivity (Wildman–Crippen MR) is 74.2 cm³/mol. The summed E-state index contributed by atoms with van der Waals surface area (Å²) in [6, 6.07) is 4.96. The third kappa shape index (κ3) is 3.07. The van der Waals surface area contributed by atoms with Crippen molar-refractivity contribution < 1.29 is 18.3 Å². The maximum absolute atomic E-state index is 13.7. The molecule has 1 atom stereocenters. The first kappa shape index (κ1) is 14.7. The highest BCUT2D eigenvalue weighted by atomic mass is 79.9. The molecular formula is C14H11BrF3NO. The Morgan fingerprint density at radius 2 is 1.80 bits per heavy atom. The number of anilines is 1. The highest BCUT2D eigenvalue weighted by Crippen LogP contribution is 2.32. The molecule has 2 aromatic carbocycles. The lowest BCUT2D eigenvalue weighted by Crippen LogP contribution is -2.09. The van der Waals surface area contributed by atoms with E-state index in [1.165, 1.54) is 12.1 Å². The van der Waals surface area contributed by atoms with Gasteiger partial charge in [-0.25, -0.2) is 13.2 Å². The van der Waals surface area contributed by atoms with E-state index in [4.69, 9.17) is 0 Å². The first-order chi connectivity index (χ1) is 9.38. The van der Waals surface area contributed by atoms with Crippen LogP contribution in [0, 0.1) is 17.5 Å². The van der Waals surface area contributed by atoms with Crippen molar-refractivity contribution in [2.24, 2.45) is 0 Å². The maximum Gasteiger partial charge on any atom is 0.150 e. The van der Waals surface area contributed by atoms with Crippen LogP contribution in [-0.4, -0.2) is 5.11 Å². The summed E-state index contributed by atoms with van der Waals surface area (Å²) >= 11 is 3.06. The van der Waals surface area contributed by atoms with E-state index in [1.54, 1.807) is 6.92 Å². The van der Waals surface area contributed by atoms with Crippen molar-refractivity contribution in [2.75, 3.05) is 5.32 Å². The molecule has 2 nitrogen and oxygen atoms in total. The van der Waals surface area contributed by atoms with Crippen LogP contribution in [0.5, 0.6) is 5.75 Å². The van der Waals surface area contributed by atoms with Crippen molar-refractivity contribution in [2.45, 2.75) is 13.0 Å². The van der Waals surface area contributed by atoms with Gasteiger partial charge in [-0.3, -0.25) is 0 Å². The Kier molecular flexibility index (Phi) is 4.23. The number of phenols is 1. The molecule has 20 heavy (non-hydrogen) atoms. The van der Waals surface area contributed by atoms with Crippen LogP contribution in [0.4, 0.5) is 18.9 Å². The summed E-state index contributed by atoms with van der Waals surface area (Å²) in [4.78, 5) is 0. The quantitative estimate of drug-likeness (QED) is 0.841. The molecule has 0 spiro atoms. The first-order valence-electron chi connectivity index (χ1n) is 5.78. The molecule has 0 saturated heterocycles. The second kappa shape index (κ2) is 5.75. The van der Waals surface area contributed by atoms with E-state index in [2.05, 4.69) is 21.2 Å². The average molecular weight is 346 g/mol. The Labute approximate surface area is 122 Å². The molecule has 0 aromatic heterocycles. The summed E-state index contributed by atoms with van der Waals surface area (Å²) in [6.07, 6.45) is 0. The number of aromatic hydroxyl groups is 1. The average Bonchev–Trinajstić information content (AvgIpc) is 2.33. The van der Waals surface area contributed by atoms with Crippen LogP contribution in [0.15, 0.2) is 34.8 Å². The van der Waals surface area contributed by atoms with Crippen LogP contribution >= 0.6 is 15.9 Å². The van der Waals surface area contributed by atoms with Crippen LogP contribution in [-0.2, 0) is 0 Å². The highest BCUT2D eigenvalue weighted by molar-refractivity contribution is 9.10. The molecule has 0 aliphatic rings. The van der Waals surface area contributed by atoms with E-state index >= 15 is 0 Å². The smallest absolute Gasteiger partial charge is 0.150 e. The van der Waals surface area contributed by atoms with Gasteiger partial charge in [0.15, 0.2) is 0 Å². The summed E-state index contributed by atoms with van der Waals surface area (Å²) in [5, 5.41) is 12.5. The molecule has 0 aliphatic carbocycles. The van der Waals surface area contributed by atoms with Crippen LogP contribution in [0.2, 0.25) is 0 Å². The summed E-state index contributed by atoms with van der Waals surface area (Å²) in [5.41, 5.74) is 0.477. The number of hydrogen-bond acceptors (Lipinski definition) is 2.